The first kappa shape index (κ1) is 20.0. The molecule has 3 heterocycles. The van der Waals surface area contributed by atoms with Gasteiger partial charge in [0, 0.05) is 51.0 Å². The van der Waals surface area contributed by atoms with Crippen LogP contribution in [-0.2, 0) is 9.53 Å². The van der Waals surface area contributed by atoms with Crippen molar-refractivity contribution >= 4 is 11.7 Å². The van der Waals surface area contributed by atoms with Crippen LogP contribution in [0.4, 0.5) is 5.82 Å². The van der Waals surface area contributed by atoms with E-state index >= 15 is 0 Å². The largest absolute Gasteiger partial charge is 0.379 e. The third kappa shape index (κ3) is 4.41. The Hall–Kier alpha value is -1.73. The highest BCUT2D eigenvalue weighted by molar-refractivity contribution is 5.85. The van der Waals surface area contributed by atoms with E-state index in [2.05, 4.69) is 19.8 Å². The van der Waals surface area contributed by atoms with Gasteiger partial charge in [-0.15, -0.1) is 0 Å². The van der Waals surface area contributed by atoms with Gasteiger partial charge >= 0.3 is 0 Å². The fraction of sp³-hybridized carbons (Fsp3) is 0.750. The smallest absolute Gasteiger partial charge is 0.242 e. The topological polar surface area (TPSA) is 61.8 Å². The summed E-state index contributed by atoms with van der Waals surface area (Å²) >= 11 is 0. The minimum atomic E-state index is -0.490. The Labute approximate surface area is 162 Å². The second-order valence-electron chi connectivity index (χ2n) is 8.21. The van der Waals surface area contributed by atoms with Crippen LogP contribution in [0.3, 0.4) is 0 Å². The van der Waals surface area contributed by atoms with Crippen LogP contribution in [0.1, 0.15) is 38.2 Å². The molecule has 1 aromatic rings. The van der Waals surface area contributed by atoms with E-state index in [0.717, 1.165) is 56.4 Å². The van der Waals surface area contributed by atoms with Crippen molar-refractivity contribution in [3.05, 3.63) is 17.6 Å². The summed E-state index contributed by atoms with van der Waals surface area (Å²) in [6.45, 7) is 12.9. The van der Waals surface area contributed by atoms with Crippen molar-refractivity contribution in [2.45, 2.75) is 52.1 Å². The molecule has 7 nitrogen and oxygen atoms in total. The first-order chi connectivity index (χ1) is 12.8. The van der Waals surface area contributed by atoms with Crippen molar-refractivity contribution in [1.29, 1.82) is 0 Å². The van der Waals surface area contributed by atoms with Crippen molar-refractivity contribution in [2.24, 2.45) is 0 Å². The Kier molecular flexibility index (Phi) is 6.01. The molecule has 0 atom stereocenters. The predicted octanol–water partition coefficient (Wildman–Crippen LogP) is 1.63. The molecule has 0 bridgehead atoms. The number of morpholine rings is 1. The maximum Gasteiger partial charge on any atom is 0.242 e. The number of amides is 1. The van der Waals surface area contributed by atoms with Crippen LogP contribution >= 0.6 is 0 Å². The molecule has 0 N–H and O–H groups in total. The molecule has 1 aromatic heterocycles. The van der Waals surface area contributed by atoms with Crippen LogP contribution < -0.4 is 4.90 Å². The lowest BCUT2D eigenvalue weighted by Crippen LogP contribution is -2.60. The summed E-state index contributed by atoms with van der Waals surface area (Å²) in [5.41, 5.74) is 0.510. The number of carbonyl (C=O) groups is 1. The Morgan fingerprint density at radius 1 is 1.15 bits per heavy atom. The quantitative estimate of drug-likeness (QED) is 0.797. The van der Waals surface area contributed by atoms with Gasteiger partial charge in [0.25, 0.3) is 0 Å². The standard InChI is InChI=1S/C20H33N5O2/c1-15-14-18(22-16(2)21-15)24-8-6-17(7-9-24)23(5)19(26)20(3,4)25-10-12-27-13-11-25/h14,17H,6-13H2,1-5H3. The number of aryl methyl sites for hydroxylation is 2. The van der Waals surface area contributed by atoms with Gasteiger partial charge in [-0.3, -0.25) is 9.69 Å². The summed E-state index contributed by atoms with van der Waals surface area (Å²) in [5, 5.41) is 0. The summed E-state index contributed by atoms with van der Waals surface area (Å²) in [6.07, 6.45) is 1.92. The molecule has 2 saturated heterocycles. The molecular formula is C20H33N5O2. The van der Waals surface area contributed by atoms with Crippen molar-refractivity contribution in [2.75, 3.05) is 51.3 Å². The van der Waals surface area contributed by atoms with Crippen molar-refractivity contribution < 1.29 is 9.53 Å². The summed E-state index contributed by atoms with van der Waals surface area (Å²) < 4.78 is 5.44. The first-order valence-corrected chi connectivity index (χ1v) is 9.96. The minimum absolute atomic E-state index is 0.205. The number of nitrogens with zero attached hydrogens (tertiary/aromatic N) is 5. The van der Waals surface area contributed by atoms with Gasteiger partial charge in [0.15, 0.2) is 0 Å². The zero-order valence-corrected chi connectivity index (χ0v) is 17.4. The lowest BCUT2D eigenvalue weighted by molar-refractivity contribution is -0.146. The predicted molar refractivity (Wildman–Crippen MR) is 106 cm³/mol. The number of piperidine rings is 1. The highest BCUT2D eigenvalue weighted by Gasteiger charge is 2.39. The van der Waals surface area contributed by atoms with E-state index in [9.17, 15) is 4.79 Å². The molecule has 150 valence electrons. The van der Waals surface area contributed by atoms with Gasteiger partial charge in [0.2, 0.25) is 5.91 Å². The first-order valence-electron chi connectivity index (χ1n) is 9.96. The molecule has 0 aromatic carbocycles. The van der Waals surface area contributed by atoms with E-state index in [-0.39, 0.29) is 11.9 Å². The average molecular weight is 376 g/mol. The summed E-state index contributed by atoms with van der Waals surface area (Å²) in [6, 6.07) is 2.32. The molecule has 0 aliphatic carbocycles. The highest BCUT2D eigenvalue weighted by Crippen LogP contribution is 2.25. The minimum Gasteiger partial charge on any atom is -0.379 e. The molecule has 7 heteroatoms. The van der Waals surface area contributed by atoms with E-state index in [0.29, 0.717) is 13.2 Å². The highest BCUT2D eigenvalue weighted by atomic mass is 16.5. The van der Waals surface area contributed by atoms with Crippen molar-refractivity contribution in [3.63, 3.8) is 0 Å². The van der Waals surface area contributed by atoms with E-state index in [4.69, 9.17) is 4.74 Å². The van der Waals surface area contributed by atoms with Crippen LogP contribution in [0.2, 0.25) is 0 Å². The van der Waals surface area contributed by atoms with E-state index in [1.54, 1.807) is 0 Å². The molecule has 27 heavy (non-hydrogen) atoms. The molecular weight excluding hydrogens is 342 g/mol. The number of hydrogen-bond acceptors (Lipinski definition) is 6. The van der Waals surface area contributed by atoms with Gasteiger partial charge in [-0.05, 0) is 40.5 Å². The van der Waals surface area contributed by atoms with Crippen LogP contribution in [0, 0.1) is 13.8 Å². The molecule has 0 spiro atoms. The van der Waals surface area contributed by atoms with E-state index in [1.807, 2.05) is 45.7 Å². The second-order valence-corrected chi connectivity index (χ2v) is 8.21. The Bertz CT molecular complexity index is 644. The fourth-order valence-electron chi connectivity index (χ4n) is 4.20. The van der Waals surface area contributed by atoms with Crippen LogP contribution in [0.25, 0.3) is 0 Å². The number of hydrogen-bond donors (Lipinski definition) is 0. The number of aromatic nitrogens is 2. The number of ether oxygens (including phenoxy) is 1. The molecule has 3 rings (SSSR count). The lowest BCUT2D eigenvalue weighted by Gasteiger charge is -2.44. The van der Waals surface area contributed by atoms with Gasteiger partial charge in [0.05, 0.1) is 18.8 Å². The normalized spacial score (nSPS) is 20.0. The van der Waals surface area contributed by atoms with Crippen molar-refractivity contribution in [3.8, 4) is 0 Å². The zero-order valence-electron chi connectivity index (χ0n) is 17.4. The average Bonchev–Trinajstić information content (AvgIpc) is 2.67. The van der Waals surface area contributed by atoms with Gasteiger partial charge < -0.3 is 14.5 Å². The molecule has 0 saturated carbocycles. The second kappa shape index (κ2) is 8.10. The third-order valence-electron chi connectivity index (χ3n) is 5.93. The molecule has 2 aliphatic rings. The molecule has 0 unspecified atom stereocenters. The molecule has 2 fully saturated rings. The number of carbonyl (C=O) groups excluding carboxylic acids is 1. The number of anilines is 1. The van der Waals surface area contributed by atoms with E-state index in [1.165, 1.54) is 0 Å². The van der Waals surface area contributed by atoms with Gasteiger partial charge in [0.1, 0.15) is 11.6 Å². The number of likely N-dealkylation sites (N-methyl/N-ethyl adjacent to an activating group) is 1. The third-order valence-corrected chi connectivity index (χ3v) is 5.93. The Balaban J connectivity index is 1.60. The maximum absolute atomic E-state index is 13.2. The van der Waals surface area contributed by atoms with E-state index < -0.39 is 5.54 Å². The van der Waals surface area contributed by atoms with Crippen LogP contribution in [-0.4, -0.2) is 83.7 Å². The SMILES string of the molecule is Cc1cc(N2CCC(N(C)C(=O)C(C)(C)N3CCOCC3)CC2)nc(C)n1. The number of rotatable bonds is 4. The Morgan fingerprint density at radius 3 is 2.37 bits per heavy atom. The van der Waals surface area contributed by atoms with Gasteiger partial charge in [-0.2, -0.15) is 0 Å². The van der Waals surface area contributed by atoms with Gasteiger partial charge in [-0.25, -0.2) is 9.97 Å². The Morgan fingerprint density at radius 2 is 1.78 bits per heavy atom. The molecule has 2 aliphatic heterocycles. The summed E-state index contributed by atoms with van der Waals surface area (Å²) in [4.78, 5) is 28.7. The zero-order chi connectivity index (χ0) is 19.6. The van der Waals surface area contributed by atoms with Crippen molar-refractivity contribution in [1.82, 2.24) is 19.8 Å². The summed E-state index contributed by atoms with van der Waals surface area (Å²) in [7, 11) is 1.96. The molecule has 0 radical (unpaired) electrons. The van der Waals surface area contributed by atoms with Crippen LogP contribution in [0.15, 0.2) is 6.07 Å². The van der Waals surface area contributed by atoms with Gasteiger partial charge in [-0.1, -0.05) is 0 Å². The van der Waals surface area contributed by atoms with Crippen LogP contribution in [0.5, 0.6) is 0 Å². The summed E-state index contributed by atoms with van der Waals surface area (Å²) in [5.74, 6) is 2.02. The molecule has 1 amide bonds. The lowest BCUT2D eigenvalue weighted by atomic mass is 9.96. The fourth-order valence-corrected chi connectivity index (χ4v) is 4.20. The maximum atomic E-state index is 13.2. The monoisotopic (exact) mass is 375 g/mol.